The van der Waals surface area contributed by atoms with Crippen LogP contribution in [0.5, 0.6) is 0 Å². The predicted octanol–water partition coefficient (Wildman–Crippen LogP) is 1.79. The van der Waals surface area contributed by atoms with Crippen molar-refractivity contribution in [2.75, 3.05) is 0 Å². The second-order valence-electron chi connectivity index (χ2n) is 3.12. The minimum Gasteiger partial charge on any atom is -0.267 e. The van der Waals surface area contributed by atoms with Crippen molar-refractivity contribution in [2.45, 2.75) is 6.92 Å². The van der Waals surface area contributed by atoms with Gasteiger partial charge in [-0.2, -0.15) is 5.10 Å². The fourth-order valence-corrected chi connectivity index (χ4v) is 1.46. The summed E-state index contributed by atoms with van der Waals surface area (Å²) in [7, 11) is 0. The van der Waals surface area contributed by atoms with Crippen molar-refractivity contribution in [3.8, 4) is 11.1 Å². The number of aromatic amines is 1. The van der Waals surface area contributed by atoms with E-state index in [-0.39, 0.29) is 10.7 Å². The lowest BCUT2D eigenvalue weighted by Crippen LogP contribution is -2.10. The van der Waals surface area contributed by atoms with Gasteiger partial charge in [0.25, 0.3) is 5.56 Å². The van der Waals surface area contributed by atoms with Crippen LogP contribution >= 0.6 is 11.6 Å². The summed E-state index contributed by atoms with van der Waals surface area (Å²) < 4.78 is 0. The van der Waals surface area contributed by atoms with E-state index in [1.807, 2.05) is 13.0 Å². The lowest BCUT2D eigenvalue weighted by molar-refractivity contribution is 0.991. The largest absolute Gasteiger partial charge is 0.272 e. The maximum Gasteiger partial charge on any atom is 0.272 e. The van der Waals surface area contributed by atoms with Gasteiger partial charge in [-0.15, -0.1) is 0 Å². The summed E-state index contributed by atoms with van der Waals surface area (Å²) in [5, 5.41) is 6.19. The number of hydrogen-bond donors (Lipinski definition) is 1. The predicted molar refractivity (Wildman–Crippen MR) is 57.8 cm³/mol. The molecule has 2 heterocycles. The summed E-state index contributed by atoms with van der Waals surface area (Å²) in [6.45, 7) is 1.86. The van der Waals surface area contributed by atoms with Crippen molar-refractivity contribution in [2.24, 2.45) is 0 Å². The third-order valence-electron chi connectivity index (χ3n) is 1.98. The molecule has 76 valence electrons. The molecule has 5 heteroatoms. The van der Waals surface area contributed by atoms with Crippen LogP contribution in [0, 0.1) is 6.92 Å². The van der Waals surface area contributed by atoms with Crippen LogP contribution in [-0.2, 0) is 0 Å². The standard InChI is InChI=1S/C10H8ClN3O/c1-6-4-7(2-3-12-6)8-5-9(11)13-14-10(8)15/h2-5H,1H3,(H,14,15). The number of aryl methyl sites for hydroxylation is 1. The topological polar surface area (TPSA) is 58.6 Å². The molecule has 0 fully saturated rings. The molecule has 2 rings (SSSR count). The molecule has 0 radical (unpaired) electrons. The number of halogens is 1. The molecule has 0 bridgehead atoms. The summed E-state index contributed by atoms with van der Waals surface area (Å²) in [5.41, 5.74) is 1.87. The van der Waals surface area contributed by atoms with Crippen molar-refractivity contribution in [3.05, 3.63) is 45.6 Å². The minimum atomic E-state index is -0.259. The number of pyridine rings is 1. The molecule has 0 aliphatic heterocycles. The molecule has 0 saturated carbocycles. The summed E-state index contributed by atoms with van der Waals surface area (Å²) >= 11 is 5.71. The van der Waals surface area contributed by atoms with E-state index in [9.17, 15) is 4.79 Å². The quantitative estimate of drug-likeness (QED) is 0.799. The maximum atomic E-state index is 11.5. The van der Waals surface area contributed by atoms with Gasteiger partial charge in [-0.3, -0.25) is 9.78 Å². The number of hydrogen-bond acceptors (Lipinski definition) is 3. The smallest absolute Gasteiger partial charge is 0.267 e. The Balaban J connectivity index is 2.63. The summed E-state index contributed by atoms with van der Waals surface area (Å²) in [5.74, 6) is 0. The normalized spacial score (nSPS) is 10.3. The number of nitrogens with one attached hydrogen (secondary N) is 1. The van der Waals surface area contributed by atoms with Crippen LogP contribution in [-0.4, -0.2) is 15.2 Å². The Hall–Kier alpha value is -1.68. The Morgan fingerprint density at radius 1 is 1.40 bits per heavy atom. The molecule has 0 aliphatic rings. The first-order valence-corrected chi connectivity index (χ1v) is 4.73. The lowest BCUT2D eigenvalue weighted by Gasteiger charge is -2.00. The summed E-state index contributed by atoms with van der Waals surface area (Å²) in [6.07, 6.45) is 1.65. The SMILES string of the molecule is Cc1cc(-c2cc(Cl)n[nH]c2=O)ccn1. The molecule has 0 amide bonds. The van der Waals surface area contributed by atoms with Gasteiger partial charge in [-0.05, 0) is 30.7 Å². The highest BCUT2D eigenvalue weighted by atomic mass is 35.5. The zero-order chi connectivity index (χ0) is 10.8. The van der Waals surface area contributed by atoms with Crippen LogP contribution in [0.4, 0.5) is 0 Å². The van der Waals surface area contributed by atoms with Crippen LogP contribution < -0.4 is 5.56 Å². The molecule has 0 aliphatic carbocycles. The molecule has 2 aromatic rings. The highest BCUT2D eigenvalue weighted by Crippen LogP contribution is 2.16. The molecule has 0 unspecified atom stereocenters. The molecule has 1 N–H and O–H groups in total. The highest BCUT2D eigenvalue weighted by molar-refractivity contribution is 6.29. The third-order valence-corrected chi connectivity index (χ3v) is 2.17. The van der Waals surface area contributed by atoms with Crippen LogP contribution in [0.15, 0.2) is 29.2 Å². The number of H-pyrrole nitrogens is 1. The van der Waals surface area contributed by atoms with E-state index in [4.69, 9.17) is 11.6 Å². The van der Waals surface area contributed by atoms with E-state index in [2.05, 4.69) is 15.2 Å². The van der Waals surface area contributed by atoms with Gasteiger partial charge in [0.1, 0.15) is 5.15 Å². The van der Waals surface area contributed by atoms with Gasteiger partial charge >= 0.3 is 0 Å². The molecule has 0 spiro atoms. The van der Waals surface area contributed by atoms with Gasteiger partial charge in [0.05, 0.1) is 5.56 Å². The average molecular weight is 222 g/mol. The van der Waals surface area contributed by atoms with Crippen molar-refractivity contribution < 1.29 is 0 Å². The van der Waals surface area contributed by atoms with Gasteiger partial charge in [0.15, 0.2) is 0 Å². The Labute approximate surface area is 90.9 Å². The summed E-state index contributed by atoms with van der Waals surface area (Å²) in [4.78, 5) is 15.5. The second kappa shape index (κ2) is 3.82. The molecular formula is C10H8ClN3O. The van der Waals surface area contributed by atoms with Gasteiger partial charge < -0.3 is 0 Å². The Morgan fingerprint density at radius 3 is 2.93 bits per heavy atom. The first-order valence-electron chi connectivity index (χ1n) is 4.35. The van der Waals surface area contributed by atoms with E-state index >= 15 is 0 Å². The number of nitrogens with zero attached hydrogens (tertiary/aromatic N) is 2. The molecule has 15 heavy (non-hydrogen) atoms. The maximum absolute atomic E-state index is 11.5. The fourth-order valence-electron chi connectivity index (χ4n) is 1.31. The monoisotopic (exact) mass is 221 g/mol. The van der Waals surface area contributed by atoms with E-state index in [0.717, 1.165) is 11.3 Å². The van der Waals surface area contributed by atoms with Crippen molar-refractivity contribution in [1.29, 1.82) is 0 Å². The molecule has 0 atom stereocenters. The van der Waals surface area contributed by atoms with E-state index < -0.39 is 0 Å². The van der Waals surface area contributed by atoms with Crippen LogP contribution in [0.2, 0.25) is 5.15 Å². The van der Waals surface area contributed by atoms with Gasteiger partial charge in [-0.25, -0.2) is 5.10 Å². The minimum absolute atomic E-state index is 0.259. The molecule has 0 aromatic carbocycles. The van der Waals surface area contributed by atoms with E-state index in [1.54, 1.807) is 12.3 Å². The van der Waals surface area contributed by atoms with E-state index in [0.29, 0.717) is 5.56 Å². The van der Waals surface area contributed by atoms with Crippen molar-refractivity contribution >= 4 is 11.6 Å². The summed E-state index contributed by atoms with van der Waals surface area (Å²) in [6, 6.07) is 5.12. The Bertz CT molecular complexity index is 550. The zero-order valence-corrected chi connectivity index (χ0v) is 8.75. The van der Waals surface area contributed by atoms with Crippen LogP contribution in [0.3, 0.4) is 0 Å². The number of rotatable bonds is 1. The highest BCUT2D eigenvalue weighted by Gasteiger charge is 2.04. The van der Waals surface area contributed by atoms with Crippen LogP contribution in [0.25, 0.3) is 11.1 Å². The first-order chi connectivity index (χ1) is 7.16. The van der Waals surface area contributed by atoms with Crippen molar-refractivity contribution in [1.82, 2.24) is 15.2 Å². The van der Waals surface area contributed by atoms with Gasteiger partial charge in [0, 0.05) is 11.9 Å². The molecule has 2 aromatic heterocycles. The van der Waals surface area contributed by atoms with Crippen LogP contribution in [0.1, 0.15) is 5.69 Å². The fraction of sp³-hybridized carbons (Fsp3) is 0.100. The lowest BCUT2D eigenvalue weighted by atomic mass is 10.1. The number of aromatic nitrogens is 3. The zero-order valence-electron chi connectivity index (χ0n) is 7.99. The second-order valence-corrected chi connectivity index (χ2v) is 3.51. The molecule has 0 saturated heterocycles. The Morgan fingerprint density at radius 2 is 2.20 bits per heavy atom. The molecular weight excluding hydrogens is 214 g/mol. The molecule has 4 nitrogen and oxygen atoms in total. The van der Waals surface area contributed by atoms with E-state index in [1.165, 1.54) is 6.07 Å². The van der Waals surface area contributed by atoms with Crippen molar-refractivity contribution in [3.63, 3.8) is 0 Å². The third kappa shape index (κ3) is 2.05. The first kappa shape index (κ1) is 9.86. The van der Waals surface area contributed by atoms with Gasteiger partial charge in [0.2, 0.25) is 0 Å². The Kier molecular flexibility index (Phi) is 2.51. The average Bonchev–Trinajstić information content (AvgIpc) is 2.22. The van der Waals surface area contributed by atoms with Gasteiger partial charge in [-0.1, -0.05) is 11.6 Å².